The highest BCUT2D eigenvalue weighted by atomic mass is 15.5. The fourth-order valence-corrected chi connectivity index (χ4v) is 7.28. The van der Waals surface area contributed by atoms with Crippen LogP contribution in [-0.4, -0.2) is 5.71 Å². The Morgan fingerprint density at radius 3 is 0.895 bits per heavy atom. The molecule has 0 saturated carbocycles. The molecule has 0 radical (unpaired) electrons. The van der Waals surface area contributed by atoms with Crippen LogP contribution in [0.3, 0.4) is 0 Å². The molecule has 0 bridgehead atoms. The quantitative estimate of drug-likeness (QED) is 0.0974. The van der Waals surface area contributed by atoms with Crippen molar-refractivity contribution in [3.63, 3.8) is 0 Å². The van der Waals surface area contributed by atoms with Crippen molar-refractivity contribution in [1.82, 2.24) is 0 Å². The molecule has 0 N–H and O–H groups in total. The molecule has 278 valence electrons. The lowest BCUT2D eigenvalue weighted by Crippen LogP contribution is -2.16. The second-order valence-electron chi connectivity index (χ2n) is 14.6. The van der Waals surface area contributed by atoms with E-state index in [2.05, 4.69) is 232 Å². The van der Waals surface area contributed by atoms with E-state index in [1.54, 1.807) is 0 Å². The van der Waals surface area contributed by atoms with Crippen LogP contribution in [0.1, 0.15) is 33.4 Å². The topological polar surface area (TPSA) is 22.1 Å². The van der Waals surface area contributed by atoms with Crippen LogP contribution in [0.4, 0.5) is 45.5 Å². The molecule has 8 aromatic rings. The van der Waals surface area contributed by atoms with Crippen LogP contribution in [0, 0.1) is 27.7 Å². The number of hydrazone groups is 1. The van der Waals surface area contributed by atoms with Gasteiger partial charge in [0.15, 0.2) is 0 Å². The molecule has 0 spiro atoms. The molecule has 4 nitrogen and oxygen atoms in total. The first kappa shape index (κ1) is 36.8. The largest absolute Gasteiger partial charge is 0.310 e. The summed E-state index contributed by atoms with van der Waals surface area (Å²) in [5, 5.41) is 7.54. The molecule has 0 aliphatic rings. The van der Waals surface area contributed by atoms with Crippen molar-refractivity contribution in [2.45, 2.75) is 27.7 Å². The SMILES string of the molecule is Cc1cccc(N(c2ccc(C(=NN(c3ccccc3)c3ccccc3)c3ccc(N(c4cccc(C)c4)c4cccc(C)c4)cc3)cc2)c2cccc(C)c2)c1. The molecule has 0 aromatic heterocycles. The van der Waals surface area contributed by atoms with E-state index in [4.69, 9.17) is 5.10 Å². The van der Waals surface area contributed by atoms with Crippen LogP contribution in [0.15, 0.2) is 211 Å². The third-order valence-electron chi connectivity index (χ3n) is 10.0. The minimum absolute atomic E-state index is 0.858. The summed E-state index contributed by atoms with van der Waals surface area (Å²) in [5.41, 5.74) is 16.3. The lowest BCUT2D eigenvalue weighted by molar-refractivity contribution is 1.08. The molecule has 0 unspecified atom stereocenters. The monoisotopic (exact) mass is 738 g/mol. The smallest absolute Gasteiger partial charge is 0.0984 e. The summed E-state index contributed by atoms with van der Waals surface area (Å²) in [5.74, 6) is 0. The van der Waals surface area contributed by atoms with Crippen molar-refractivity contribution >= 4 is 51.2 Å². The van der Waals surface area contributed by atoms with Crippen molar-refractivity contribution in [2.75, 3.05) is 14.8 Å². The van der Waals surface area contributed by atoms with Crippen molar-refractivity contribution in [2.24, 2.45) is 5.10 Å². The van der Waals surface area contributed by atoms with Gasteiger partial charge in [-0.2, -0.15) is 5.10 Å². The van der Waals surface area contributed by atoms with Crippen LogP contribution >= 0.6 is 0 Å². The normalized spacial score (nSPS) is 10.8. The molecule has 8 rings (SSSR count). The lowest BCUT2D eigenvalue weighted by atomic mass is 10.0. The Morgan fingerprint density at radius 1 is 0.298 bits per heavy atom. The van der Waals surface area contributed by atoms with E-state index in [1.807, 2.05) is 17.1 Å². The molecule has 0 atom stereocenters. The molecular weight excluding hydrogens is 693 g/mol. The molecule has 0 fully saturated rings. The van der Waals surface area contributed by atoms with Crippen LogP contribution in [0.25, 0.3) is 0 Å². The number of hydrogen-bond acceptors (Lipinski definition) is 4. The van der Waals surface area contributed by atoms with Crippen LogP contribution in [-0.2, 0) is 0 Å². The maximum atomic E-state index is 5.51. The highest BCUT2D eigenvalue weighted by Gasteiger charge is 2.19. The van der Waals surface area contributed by atoms with Gasteiger partial charge >= 0.3 is 0 Å². The second-order valence-corrected chi connectivity index (χ2v) is 14.6. The van der Waals surface area contributed by atoms with Crippen LogP contribution < -0.4 is 14.8 Å². The van der Waals surface area contributed by atoms with E-state index < -0.39 is 0 Å². The van der Waals surface area contributed by atoms with E-state index in [-0.39, 0.29) is 0 Å². The first-order valence-electron chi connectivity index (χ1n) is 19.5. The van der Waals surface area contributed by atoms with Crippen molar-refractivity contribution in [3.8, 4) is 0 Å². The number of aryl methyl sites for hydroxylation is 4. The Balaban J connectivity index is 1.26. The zero-order valence-corrected chi connectivity index (χ0v) is 32.9. The number of benzene rings is 8. The Hall–Kier alpha value is -7.17. The predicted octanol–water partition coefficient (Wildman–Crippen LogP) is 14.5. The summed E-state index contributed by atoms with van der Waals surface area (Å²) in [6.45, 7) is 8.56. The van der Waals surface area contributed by atoms with Gasteiger partial charge in [0.2, 0.25) is 0 Å². The van der Waals surface area contributed by atoms with Crippen LogP contribution in [0.2, 0.25) is 0 Å². The fraction of sp³-hybridized carbons (Fsp3) is 0.0755. The third kappa shape index (κ3) is 8.41. The number of hydrogen-bond donors (Lipinski definition) is 0. The molecule has 0 heterocycles. The molecule has 8 aromatic carbocycles. The number of nitrogens with zero attached hydrogens (tertiary/aromatic N) is 4. The van der Waals surface area contributed by atoms with Crippen molar-refractivity contribution in [3.05, 3.63) is 240 Å². The highest BCUT2D eigenvalue weighted by Crippen LogP contribution is 2.38. The minimum Gasteiger partial charge on any atom is -0.310 e. The Kier molecular flexibility index (Phi) is 10.8. The summed E-state index contributed by atoms with van der Waals surface area (Å²) in [7, 11) is 0. The molecular formula is C53H46N4. The standard InChI is InChI=1S/C53H46N4/c1-39-15-11-23-49(35-39)55(50-24-12-16-40(2)36-50)45-31-27-43(28-32-45)53(54-57(47-19-7-5-8-20-47)48-21-9-6-10-22-48)44-29-33-46(34-30-44)56(51-25-13-17-41(3)37-51)52-26-14-18-42(4)38-52/h5-38H,1-4H3. The molecule has 0 amide bonds. The van der Waals surface area contributed by atoms with E-state index in [0.29, 0.717) is 0 Å². The Labute approximate surface area is 337 Å². The average Bonchev–Trinajstić information content (AvgIpc) is 3.23. The van der Waals surface area contributed by atoms with Gasteiger partial charge in [0, 0.05) is 45.3 Å². The highest BCUT2D eigenvalue weighted by molar-refractivity contribution is 6.14. The number of rotatable bonds is 11. The van der Waals surface area contributed by atoms with Gasteiger partial charge in [0.1, 0.15) is 0 Å². The van der Waals surface area contributed by atoms with E-state index in [0.717, 1.165) is 62.3 Å². The fourth-order valence-electron chi connectivity index (χ4n) is 7.28. The van der Waals surface area contributed by atoms with E-state index in [9.17, 15) is 0 Å². The van der Waals surface area contributed by atoms with Gasteiger partial charge in [-0.3, -0.25) is 0 Å². The Morgan fingerprint density at radius 2 is 0.596 bits per heavy atom. The average molecular weight is 739 g/mol. The third-order valence-corrected chi connectivity index (χ3v) is 10.0. The number of anilines is 8. The molecule has 0 aliphatic heterocycles. The summed E-state index contributed by atoms with van der Waals surface area (Å²) in [6.07, 6.45) is 0. The van der Waals surface area contributed by atoms with Gasteiger partial charge in [-0.1, -0.05) is 109 Å². The lowest BCUT2D eigenvalue weighted by Gasteiger charge is -2.27. The van der Waals surface area contributed by atoms with Crippen LogP contribution in [0.5, 0.6) is 0 Å². The molecule has 0 aliphatic carbocycles. The minimum atomic E-state index is 0.858. The van der Waals surface area contributed by atoms with E-state index in [1.165, 1.54) is 22.3 Å². The van der Waals surface area contributed by atoms with Gasteiger partial charge in [0.05, 0.1) is 17.1 Å². The summed E-state index contributed by atoms with van der Waals surface area (Å²) < 4.78 is 0. The molecule has 57 heavy (non-hydrogen) atoms. The molecule has 4 heteroatoms. The summed E-state index contributed by atoms with van der Waals surface area (Å²) in [4.78, 5) is 4.64. The summed E-state index contributed by atoms with van der Waals surface area (Å²) >= 11 is 0. The first-order chi connectivity index (χ1) is 27.9. The second kappa shape index (κ2) is 16.7. The van der Waals surface area contributed by atoms with Gasteiger partial charge in [-0.05, 0) is 147 Å². The predicted molar refractivity (Wildman–Crippen MR) is 242 cm³/mol. The Bertz CT molecular complexity index is 2340. The molecule has 0 saturated heterocycles. The van der Waals surface area contributed by atoms with Crippen molar-refractivity contribution < 1.29 is 0 Å². The maximum absolute atomic E-state index is 5.51. The summed E-state index contributed by atoms with van der Waals surface area (Å²) in [6, 6.07) is 73.0. The van der Waals surface area contributed by atoms with Gasteiger partial charge in [-0.25, -0.2) is 5.01 Å². The zero-order chi connectivity index (χ0) is 39.1. The maximum Gasteiger partial charge on any atom is 0.0984 e. The zero-order valence-electron chi connectivity index (χ0n) is 32.9. The van der Waals surface area contributed by atoms with Gasteiger partial charge in [0.25, 0.3) is 0 Å². The van der Waals surface area contributed by atoms with E-state index >= 15 is 0 Å². The number of para-hydroxylation sites is 2. The first-order valence-corrected chi connectivity index (χ1v) is 19.5. The van der Waals surface area contributed by atoms with Crippen molar-refractivity contribution in [1.29, 1.82) is 0 Å². The van der Waals surface area contributed by atoms with Gasteiger partial charge in [-0.15, -0.1) is 0 Å². The van der Waals surface area contributed by atoms with Gasteiger partial charge < -0.3 is 9.80 Å².